The molecule has 1 aliphatic rings. The Balaban J connectivity index is 2.10. The highest BCUT2D eigenvalue weighted by molar-refractivity contribution is 7.89. The van der Waals surface area contributed by atoms with Crippen LogP contribution in [0.2, 0.25) is 0 Å². The number of carboxylic acid groups (broad SMARTS) is 1. The lowest BCUT2D eigenvalue weighted by atomic mass is 10.1. The molecule has 6 nitrogen and oxygen atoms in total. The van der Waals surface area contributed by atoms with E-state index in [0.29, 0.717) is 0 Å². The number of aromatic nitrogens is 1. The summed E-state index contributed by atoms with van der Waals surface area (Å²) in [6.07, 6.45) is 7.24. The van der Waals surface area contributed by atoms with Crippen molar-refractivity contribution >= 4 is 16.0 Å². The van der Waals surface area contributed by atoms with Crippen molar-refractivity contribution in [3.05, 3.63) is 18.0 Å². The van der Waals surface area contributed by atoms with E-state index in [4.69, 9.17) is 5.11 Å². The van der Waals surface area contributed by atoms with E-state index in [0.717, 1.165) is 44.6 Å². The maximum atomic E-state index is 12.1. The monoisotopic (exact) mass is 286 g/mol. The summed E-state index contributed by atoms with van der Waals surface area (Å²) in [6, 6.07) is 1.09. The lowest BCUT2D eigenvalue weighted by molar-refractivity contribution is 0.0691. The summed E-state index contributed by atoms with van der Waals surface area (Å²) in [5, 5.41) is 8.78. The van der Waals surface area contributed by atoms with E-state index in [1.54, 1.807) is 0 Å². The van der Waals surface area contributed by atoms with Gasteiger partial charge in [0.2, 0.25) is 10.0 Å². The van der Waals surface area contributed by atoms with Crippen molar-refractivity contribution in [2.75, 3.05) is 0 Å². The Hall–Kier alpha value is -1.34. The maximum absolute atomic E-state index is 12.1. The number of aromatic carboxylic acids is 1. The Kier molecular flexibility index (Phi) is 4.26. The van der Waals surface area contributed by atoms with Gasteiger partial charge in [-0.1, -0.05) is 25.7 Å². The first-order valence-corrected chi connectivity index (χ1v) is 7.91. The minimum atomic E-state index is -3.63. The van der Waals surface area contributed by atoms with Gasteiger partial charge in [-0.25, -0.2) is 17.9 Å². The summed E-state index contributed by atoms with van der Waals surface area (Å²) in [5.74, 6) is -1.17. The van der Waals surface area contributed by atoms with Gasteiger partial charge in [0.1, 0.15) is 10.6 Å². The maximum Gasteiger partial charge on any atom is 0.352 e. The second kappa shape index (κ2) is 5.75. The molecule has 0 spiro atoms. The molecule has 2 rings (SSSR count). The fourth-order valence-electron chi connectivity index (χ4n) is 2.34. The van der Waals surface area contributed by atoms with E-state index < -0.39 is 16.0 Å². The van der Waals surface area contributed by atoms with Gasteiger partial charge in [0.15, 0.2) is 0 Å². The molecule has 0 radical (unpaired) electrons. The number of aromatic amines is 1. The molecule has 106 valence electrons. The molecule has 1 heterocycles. The van der Waals surface area contributed by atoms with Crippen molar-refractivity contribution < 1.29 is 18.3 Å². The Morgan fingerprint density at radius 1 is 1.26 bits per heavy atom. The Morgan fingerprint density at radius 2 is 1.89 bits per heavy atom. The largest absolute Gasteiger partial charge is 0.477 e. The quantitative estimate of drug-likeness (QED) is 0.734. The number of H-pyrrole nitrogens is 1. The summed E-state index contributed by atoms with van der Waals surface area (Å²) < 4.78 is 26.9. The number of sulfonamides is 1. The molecular formula is C12H18N2O4S. The van der Waals surface area contributed by atoms with Crippen molar-refractivity contribution in [1.29, 1.82) is 0 Å². The molecule has 0 aromatic carbocycles. The third-order valence-electron chi connectivity index (χ3n) is 3.37. The minimum Gasteiger partial charge on any atom is -0.477 e. The van der Waals surface area contributed by atoms with E-state index in [1.165, 1.54) is 6.20 Å². The van der Waals surface area contributed by atoms with Gasteiger partial charge in [-0.2, -0.15) is 0 Å². The third kappa shape index (κ3) is 3.57. The van der Waals surface area contributed by atoms with Crippen LogP contribution in [0.1, 0.15) is 49.0 Å². The molecule has 1 saturated carbocycles. The van der Waals surface area contributed by atoms with Crippen molar-refractivity contribution in [2.45, 2.75) is 49.5 Å². The van der Waals surface area contributed by atoms with Gasteiger partial charge < -0.3 is 10.1 Å². The van der Waals surface area contributed by atoms with Crippen molar-refractivity contribution in [2.24, 2.45) is 0 Å². The molecule has 1 aromatic rings. The van der Waals surface area contributed by atoms with Gasteiger partial charge >= 0.3 is 5.97 Å². The molecule has 7 heteroatoms. The topological polar surface area (TPSA) is 99.3 Å². The van der Waals surface area contributed by atoms with E-state index in [2.05, 4.69) is 9.71 Å². The number of hydrogen-bond acceptors (Lipinski definition) is 3. The van der Waals surface area contributed by atoms with Gasteiger partial charge in [0, 0.05) is 12.2 Å². The zero-order valence-corrected chi connectivity index (χ0v) is 11.4. The molecule has 0 unspecified atom stereocenters. The molecule has 1 aromatic heterocycles. The fraction of sp³-hybridized carbons (Fsp3) is 0.583. The van der Waals surface area contributed by atoms with Crippen molar-refractivity contribution in [1.82, 2.24) is 9.71 Å². The van der Waals surface area contributed by atoms with Crippen molar-refractivity contribution in [3.8, 4) is 0 Å². The Morgan fingerprint density at radius 3 is 2.42 bits per heavy atom. The molecule has 0 atom stereocenters. The van der Waals surface area contributed by atoms with Gasteiger partial charge in [0.05, 0.1) is 0 Å². The van der Waals surface area contributed by atoms with E-state index in [1.807, 2.05) is 0 Å². The SMILES string of the molecule is O=C(O)c1cc(S(=O)(=O)NC2CCCCCC2)c[nH]1. The van der Waals surface area contributed by atoms with Gasteiger partial charge in [0.25, 0.3) is 0 Å². The van der Waals surface area contributed by atoms with Crippen LogP contribution < -0.4 is 4.72 Å². The minimum absolute atomic E-state index is 0.0193. The van der Waals surface area contributed by atoms with Crippen molar-refractivity contribution in [3.63, 3.8) is 0 Å². The summed E-state index contributed by atoms with van der Waals surface area (Å²) in [5.41, 5.74) is -0.124. The summed E-state index contributed by atoms with van der Waals surface area (Å²) >= 11 is 0. The molecule has 0 bridgehead atoms. The average Bonchev–Trinajstić information content (AvgIpc) is 2.72. The number of rotatable bonds is 4. The Bertz CT molecular complexity index is 542. The van der Waals surface area contributed by atoms with E-state index >= 15 is 0 Å². The second-order valence-electron chi connectivity index (χ2n) is 4.86. The molecule has 19 heavy (non-hydrogen) atoms. The number of nitrogens with one attached hydrogen (secondary N) is 2. The zero-order chi connectivity index (χ0) is 13.9. The van der Waals surface area contributed by atoms with Gasteiger partial charge in [-0.05, 0) is 18.9 Å². The van der Waals surface area contributed by atoms with Gasteiger partial charge in [-0.15, -0.1) is 0 Å². The molecule has 0 amide bonds. The molecular weight excluding hydrogens is 268 g/mol. The summed E-state index contributed by atoms with van der Waals surface area (Å²) in [4.78, 5) is 13.2. The smallest absolute Gasteiger partial charge is 0.352 e. The van der Waals surface area contributed by atoms with Crippen LogP contribution in [0.15, 0.2) is 17.2 Å². The van der Waals surface area contributed by atoms with Crippen LogP contribution in [0.4, 0.5) is 0 Å². The zero-order valence-electron chi connectivity index (χ0n) is 10.6. The summed E-state index contributed by atoms with van der Waals surface area (Å²) in [6.45, 7) is 0. The predicted octanol–water partition coefficient (Wildman–Crippen LogP) is 1.71. The van der Waals surface area contributed by atoms with Crippen LogP contribution in [0, 0.1) is 0 Å². The predicted molar refractivity (Wildman–Crippen MR) is 69.6 cm³/mol. The lowest BCUT2D eigenvalue weighted by Gasteiger charge is -2.15. The highest BCUT2D eigenvalue weighted by atomic mass is 32.2. The normalized spacial score (nSPS) is 18.1. The van der Waals surface area contributed by atoms with Crippen LogP contribution in [0.5, 0.6) is 0 Å². The van der Waals surface area contributed by atoms with Crippen LogP contribution in [-0.4, -0.2) is 30.5 Å². The Labute approximate surface area is 112 Å². The first-order valence-electron chi connectivity index (χ1n) is 6.43. The second-order valence-corrected chi connectivity index (χ2v) is 6.58. The van der Waals surface area contributed by atoms with Crippen LogP contribution in [-0.2, 0) is 10.0 Å². The average molecular weight is 286 g/mol. The highest BCUT2D eigenvalue weighted by Crippen LogP contribution is 2.19. The fourth-order valence-corrected chi connectivity index (χ4v) is 3.64. The van der Waals surface area contributed by atoms with Crippen LogP contribution in [0.3, 0.4) is 0 Å². The van der Waals surface area contributed by atoms with E-state index in [9.17, 15) is 13.2 Å². The molecule has 1 fully saturated rings. The molecule has 1 aliphatic carbocycles. The number of carboxylic acids is 1. The standard InChI is InChI=1S/C12H18N2O4S/c15-12(16)11-7-10(8-13-11)19(17,18)14-9-5-3-1-2-4-6-9/h7-9,13-14H,1-6H2,(H,15,16). The highest BCUT2D eigenvalue weighted by Gasteiger charge is 2.23. The van der Waals surface area contributed by atoms with Crippen LogP contribution >= 0.6 is 0 Å². The summed E-state index contributed by atoms with van der Waals surface area (Å²) in [7, 11) is -3.63. The molecule has 0 aliphatic heterocycles. The first-order chi connectivity index (χ1) is 8.99. The molecule has 3 N–H and O–H groups in total. The van der Waals surface area contributed by atoms with Crippen LogP contribution in [0.25, 0.3) is 0 Å². The third-order valence-corrected chi connectivity index (χ3v) is 4.87. The van der Waals surface area contributed by atoms with E-state index in [-0.39, 0.29) is 16.6 Å². The first kappa shape index (κ1) is 14.1. The van der Waals surface area contributed by atoms with Gasteiger partial charge in [-0.3, -0.25) is 0 Å². The number of carbonyl (C=O) groups is 1. The lowest BCUT2D eigenvalue weighted by Crippen LogP contribution is -2.34. The molecule has 0 saturated heterocycles. The number of hydrogen-bond donors (Lipinski definition) is 3.